The number of benzene rings is 2. The van der Waals surface area contributed by atoms with Gasteiger partial charge in [0.25, 0.3) is 0 Å². The van der Waals surface area contributed by atoms with E-state index in [4.69, 9.17) is 0 Å². The largest absolute Gasteiger partial charge is 0.507 e. The molecule has 1 aliphatic carbocycles. The molecule has 0 spiro atoms. The number of ketones is 2. The number of rotatable bonds is 0. The summed E-state index contributed by atoms with van der Waals surface area (Å²) in [5, 5.41) is 48.8. The molecule has 2 aromatic rings. The van der Waals surface area contributed by atoms with Crippen molar-refractivity contribution in [1.29, 1.82) is 0 Å². The Morgan fingerprint density at radius 2 is 1.32 bits per heavy atom. The van der Waals surface area contributed by atoms with Gasteiger partial charge in [-0.05, 0) is 18.6 Å². The first kappa shape index (κ1) is 13.7. The molecule has 0 fully saturated rings. The van der Waals surface area contributed by atoms with Gasteiger partial charge in [0.15, 0.2) is 28.8 Å². The average molecular weight is 302 g/mol. The van der Waals surface area contributed by atoms with Gasteiger partial charge in [0.05, 0.1) is 16.7 Å². The lowest BCUT2D eigenvalue weighted by Gasteiger charge is -2.21. The molecule has 2 aromatic carbocycles. The van der Waals surface area contributed by atoms with E-state index in [0.717, 1.165) is 6.07 Å². The third-order valence-corrected chi connectivity index (χ3v) is 3.65. The smallest absolute Gasteiger partial charge is 0.202 e. The summed E-state index contributed by atoms with van der Waals surface area (Å²) in [6.07, 6.45) is 0. The van der Waals surface area contributed by atoms with E-state index >= 15 is 0 Å². The molecule has 0 amide bonds. The highest BCUT2D eigenvalue weighted by Crippen LogP contribution is 2.46. The zero-order chi connectivity index (χ0) is 16.3. The van der Waals surface area contributed by atoms with E-state index in [9.17, 15) is 35.1 Å². The van der Waals surface area contributed by atoms with Crippen molar-refractivity contribution in [2.75, 3.05) is 0 Å². The number of fused-ring (bicyclic) bond motifs is 2. The van der Waals surface area contributed by atoms with Crippen LogP contribution >= 0.6 is 0 Å². The van der Waals surface area contributed by atoms with Crippen LogP contribution in [0.25, 0.3) is 0 Å². The van der Waals surface area contributed by atoms with Crippen molar-refractivity contribution in [3.63, 3.8) is 0 Å². The van der Waals surface area contributed by atoms with E-state index < -0.39 is 57.0 Å². The van der Waals surface area contributed by atoms with Crippen LogP contribution in [0.5, 0.6) is 28.7 Å². The van der Waals surface area contributed by atoms with Crippen LogP contribution in [0.4, 0.5) is 0 Å². The van der Waals surface area contributed by atoms with Crippen molar-refractivity contribution in [3.8, 4) is 28.7 Å². The summed E-state index contributed by atoms with van der Waals surface area (Å²) >= 11 is 0. The molecule has 0 saturated heterocycles. The predicted octanol–water partition coefficient (Wildman–Crippen LogP) is 1.30. The van der Waals surface area contributed by atoms with Crippen LogP contribution in [0.1, 0.15) is 37.4 Å². The second-order valence-electron chi connectivity index (χ2n) is 4.98. The number of aryl methyl sites for hydroxylation is 1. The lowest BCUT2D eigenvalue weighted by molar-refractivity contribution is 0.0970. The van der Waals surface area contributed by atoms with Crippen LogP contribution < -0.4 is 0 Å². The van der Waals surface area contributed by atoms with Crippen molar-refractivity contribution in [2.45, 2.75) is 6.92 Å². The van der Waals surface area contributed by atoms with Crippen LogP contribution in [-0.4, -0.2) is 37.1 Å². The summed E-state index contributed by atoms with van der Waals surface area (Å²) in [6, 6.07) is 1.95. The topological polar surface area (TPSA) is 135 Å². The van der Waals surface area contributed by atoms with Gasteiger partial charge in [-0.2, -0.15) is 0 Å². The molecular weight excluding hydrogens is 292 g/mol. The zero-order valence-corrected chi connectivity index (χ0v) is 11.2. The molecule has 1 aliphatic rings. The maximum atomic E-state index is 12.5. The molecule has 0 unspecified atom stereocenters. The van der Waals surface area contributed by atoms with Gasteiger partial charge in [0, 0.05) is 11.6 Å². The lowest BCUT2D eigenvalue weighted by atomic mass is 9.81. The highest BCUT2D eigenvalue weighted by molar-refractivity contribution is 6.31. The second-order valence-corrected chi connectivity index (χ2v) is 4.98. The molecule has 0 saturated carbocycles. The minimum absolute atomic E-state index is 0.170. The normalized spacial score (nSPS) is 13.0. The van der Waals surface area contributed by atoms with Gasteiger partial charge < -0.3 is 25.5 Å². The summed E-state index contributed by atoms with van der Waals surface area (Å²) in [5.41, 5.74) is -1.60. The van der Waals surface area contributed by atoms with Crippen molar-refractivity contribution < 1.29 is 35.1 Å². The Labute approximate surface area is 123 Å². The fourth-order valence-electron chi connectivity index (χ4n) is 2.55. The van der Waals surface area contributed by atoms with E-state index in [2.05, 4.69) is 0 Å². The van der Waals surface area contributed by atoms with Crippen LogP contribution in [0.3, 0.4) is 0 Å². The first-order valence-corrected chi connectivity index (χ1v) is 6.18. The molecule has 7 heteroatoms. The standard InChI is InChI=1S/C15H10O7/c1-4-2-5-8(15(22)11(4)18)14(21)10-9(12(5)19)6(16)3-7(17)13(10)20/h2-3,16-18,20,22H,1H3. The molecular formula is C15H10O7. The molecule has 0 aliphatic heterocycles. The summed E-state index contributed by atoms with van der Waals surface area (Å²) in [6.45, 7) is 1.43. The maximum absolute atomic E-state index is 12.5. The molecule has 0 aromatic heterocycles. The van der Waals surface area contributed by atoms with E-state index in [1.54, 1.807) is 0 Å². The van der Waals surface area contributed by atoms with Crippen molar-refractivity contribution >= 4 is 11.6 Å². The highest BCUT2D eigenvalue weighted by atomic mass is 16.3. The van der Waals surface area contributed by atoms with Gasteiger partial charge in [-0.3, -0.25) is 9.59 Å². The molecule has 7 nitrogen and oxygen atoms in total. The van der Waals surface area contributed by atoms with Crippen LogP contribution in [0, 0.1) is 6.92 Å². The van der Waals surface area contributed by atoms with E-state index in [-0.39, 0.29) is 11.1 Å². The maximum Gasteiger partial charge on any atom is 0.202 e. The van der Waals surface area contributed by atoms with E-state index in [0.29, 0.717) is 0 Å². The van der Waals surface area contributed by atoms with Crippen LogP contribution in [0.2, 0.25) is 0 Å². The minimum Gasteiger partial charge on any atom is -0.507 e. The number of carbonyl (C=O) groups is 2. The summed E-state index contributed by atoms with van der Waals surface area (Å²) in [7, 11) is 0. The van der Waals surface area contributed by atoms with Gasteiger partial charge >= 0.3 is 0 Å². The highest BCUT2D eigenvalue weighted by Gasteiger charge is 2.38. The molecule has 5 N–H and O–H groups in total. The van der Waals surface area contributed by atoms with Gasteiger partial charge in [0.2, 0.25) is 5.78 Å². The van der Waals surface area contributed by atoms with Gasteiger partial charge in [-0.25, -0.2) is 0 Å². The molecule has 0 atom stereocenters. The Morgan fingerprint density at radius 1 is 0.682 bits per heavy atom. The van der Waals surface area contributed by atoms with Gasteiger partial charge in [-0.15, -0.1) is 0 Å². The first-order chi connectivity index (χ1) is 10.3. The van der Waals surface area contributed by atoms with Crippen molar-refractivity contribution in [2.24, 2.45) is 0 Å². The summed E-state index contributed by atoms with van der Waals surface area (Å²) in [5.74, 6) is -5.47. The molecule has 22 heavy (non-hydrogen) atoms. The Kier molecular flexibility index (Phi) is 2.59. The van der Waals surface area contributed by atoms with Crippen LogP contribution in [-0.2, 0) is 0 Å². The number of aromatic hydroxyl groups is 5. The van der Waals surface area contributed by atoms with Crippen LogP contribution in [0.15, 0.2) is 12.1 Å². The first-order valence-electron chi connectivity index (χ1n) is 6.18. The summed E-state index contributed by atoms with van der Waals surface area (Å²) < 4.78 is 0. The molecule has 0 bridgehead atoms. The van der Waals surface area contributed by atoms with E-state index in [1.807, 2.05) is 0 Å². The van der Waals surface area contributed by atoms with Crippen molar-refractivity contribution in [1.82, 2.24) is 0 Å². The number of phenolic OH excluding ortho intramolecular Hbond substituents is 5. The number of phenols is 5. The fraction of sp³-hybridized carbons (Fsp3) is 0.0667. The van der Waals surface area contributed by atoms with E-state index in [1.165, 1.54) is 13.0 Å². The van der Waals surface area contributed by atoms with Crippen molar-refractivity contribution in [3.05, 3.63) is 39.9 Å². The third kappa shape index (κ3) is 1.50. The molecule has 3 rings (SSSR count). The van der Waals surface area contributed by atoms with Gasteiger partial charge in [-0.1, -0.05) is 0 Å². The molecule has 0 radical (unpaired) electrons. The second kappa shape index (κ2) is 4.14. The predicted molar refractivity (Wildman–Crippen MR) is 72.8 cm³/mol. The number of hydrogen-bond acceptors (Lipinski definition) is 7. The molecule has 112 valence electrons. The number of carbonyl (C=O) groups excluding carboxylic acids is 2. The quantitative estimate of drug-likeness (QED) is 0.312. The third-order valence-electron chi connectivity index (χ3n) is 3.65. The number of hydrogen-bond donors (Lipinski definition) is 5. The Balaban J connectivity index is 2.46. The average Bonchev–Trinajstić information content (AvgIpc) is 2.45. The minimum atomic E-state index is -0.985. The zero-order valence-electron chi connectivity index (χ0n) is 11.2. The summed E-state index contributed by atoms with van der Waals surface area (Å²) in [4.78, 5) is 24.9. The monoisotopic (exact) mass is 302 g/mol. The lowest BCUT2D eigenvalue weighted by Crippen LogP contribution is -2.21. The Hall–Kier alpha value is -3.22. The Morgan fingerprint density at radius 3 is 1.95 bits per heavy atom. The SMILES string of the molecule is Cc1cc2c(c(O)c1O)C(=O)c1c(O)c(O)cc(O)c1C2=O. The Bertz CT molecular complexity index is 880. The molecule has 0 heterocycles. The fourth-order valence-corrected chi connectivity index (χ4v) is 2.55. The van der Waals surface area contributed by atoms with Gasteiger partial charge in [0.1, 0.15) is 5.75 Å².